The van der Waals surface area contributed by atoms with E-state index in [0.29, 0.717) is 10.8 Å². The van der Waals surface area contributed by atoms with Gasteiger partial charge in [-0.25, -0.2) is 9.50 Å². The van der Waals surface area contributed by atoms with Gasteiger partial charge < -0.3 is 5.32 Å². The summed E-state index contributed by atoms with van der Waals surface area (Å²) in [7, 11) is 0. The van der Waals surface area contributed by atoms with Crippen molar-refractivity contribution in [3.05, 3.63) is 59.6 Å². The summed E-state index contributed by atoms with van der Waals surface area (Å²) in [6.07, 6.45) is 0. The lowest BCUT2D eigenvalue weighted by Crippen LogP contribution is -2.27. The highest BCUT2D eigenvalue weighted by Crippen LogP contribution is 2.31. The number of hydrogen-bond donors (Lipinski definition) is 2. The molecule has 0 spiro atoms. The molecule has 0 aliphatic heterocycles. The number of anilines is 1. The lowest BCUT2D eigenvalue weighted by molar-refractivity contribution is 0.627. The zero-order chi connectivity index (χ0) is 18.3. The van der Waals surface area contributed by atoms with E-state index in [0.717, 1.165) is 28.5 Å². The topological polar surface area (TPSA) is 58.0 Å². The molecule has 4 aromatic rings. The monoisotopic (exact) mass is 365 g/mol. The molecule has 6 heteroatoms. The minimum Gasteiger partial charge on any atom is -0.364 e. The van der Waals surface area contributed by atoms with E-state index in [-0.39, 0.29) is 5.54 Å². The van der Waals surface area contributed by atoms with Gasteiger partial charge in [0, 0.05) is 21.7 Å². The number of nitrogens with one attached hydrogen (secondary N) is 2. The molecule has 2 N–H and O–H groups in total. The Labute approximate surface area is 157 Å². The number of aromatic amines is 1. The Hall–Kier alpha value is -2.79. The SMILES string of the molecule is CC(C)(C)Nc1c(-c2ccccc2)nc2nc(-c3ccc(Cl)cc3)[nH]n12. The fraction of sp³-hybridized carbons (Fsp3) is 0.200. The van der Waals surface area contributed by atoms with Gasteiger partial charge in [-0.05, 0) is 45.0 Å². The van der Waals surface area contributed by atoms with E-state index in [2.05, 4.69) is 48.3 Å². The molecule has 0 unspecified atom stereocenters. The highest BCUT2D eigenvalue weighted by molar-refractivity contribution is 6.30. The number of nitrogens with zero attached hydrogens (tertiary/aromatic N) is 3. The quantitative estimate of drug-likeness (QED) is 0.521. The van der Waals surface area contributed by atoms with Crippen molar-refractivity contribution in [2.45, 2.75) is 26.3 Å². The summed E-state index contributed by atoms with van der Waals surface area (Å²) >= 11 is 5.99. The third-order valence-electron chi connectivity index (χ3n) is 3.95. The summed E-state index contributed by atoms with van der Waals surface area (Å²) in [6.45, 7) is 6.37. The van der Waals surface area contributed by atoms with Crippen molar-refractivity contribution in [1.29, 1.82) is 0 Å². The van der Waals surface area contributed by atoms with Crippen LogP contribution in [0.25, 0.3) is 28.4 Å². The molecule has 0 bridgehead atoms. The second kappa shape index (κ2) is 6.18. The fourth-order valence-electron chi connectivity index (χ4n) is 2.83. The van der Waals surface area contributed by atoms with Crippen molar-refractivity contribution in [2.24, 2.45) is 0 Å². The maximum absolute atomic E-state index is 5.99. The number of H-pyrrole nitrogens is 1. The molecule has 2 aromatic heterocycles. The molecule has 0 amide bonds. The number of benzene rings is 2. The number of imidazole rings is 1. The van der Waals surface area contributed by atoms with Gasteiger partial charge in [0.25, 0.3) is 5.78 Å². The van der Waals surface area contributed by atoms with Gasteiger partial charge in [0.2, 0.25) is 0 Å². The first-order chi connectivity index (χ1) is 12.4. The van der Waals surface area contributed by atoms with Crippen LogP contribution in [-0.2, 0) is 0 Å². The maximum Gasteiger partial charge on any atom is 0.253 e. The number of hydrogen-bond acceptors (Lipinski definition) is 3. The molecule has 0 atom stereocenters. The van der Waals surface area contributed by atoms with Crippen molar-refractivity contribution in [2.75, 3.05) is 5.32 Å². The summed E-state index contributed by atoms with van der Waals surface area (Å²) in [4.78, 5) is 9.43. The molecule has 0 saturated carbocycles. The van der Waals surface area contributed by atoms with Crippen LogP contribution in [0.1, 0.15) is 20.8 Å². The number of rotatable bonds is 3. The Morgan fingerprint density at radius 3 is 2.27 bits per heavy atom. The Morgan fingerprint density at radius 2 is 1.62 bits per heavy atom. The average molecular weight is 366 g/mol. The smallest absolute Gasteiger partial charge is 0.253 e. The van der Waals surface area contributed by atoms with Crippen LogP contribution in [0.3, 0.4) is 0 Å². The number of halogens is 1. The summed E-state index contributed by atoms with van der Waals surface area (Å²) < 4.78 is 1.90. The lowest BCUT2D eigenvalue weighted by atomic mass is 10.1. The van der Waals surface area contributed by atoms with Gasteiger partial charge in [-0.15, -0.1) is 0 Å². The minimum absolute atomic E-state index is 0.120. The third kappa shape index (κ3) is 3.18. The Kier molecular flexibility index (Phi) is 3.96. The van der Waals surface area contributed by atoms with E-state index in [4.69, 9.17) is 16.6 Å². The Bertz CT molecular complexity index is 1040. The molecular formula is C20H20ClN5. The van der Waals surface area contributed by atoms with E-state index in [1.54, 1.807) is 0 Å². The predicted molar refractivity (Wildman–Crippen MR) is 107 cm³/mol. The molecule has 132 valence electrons. The zero-order valence-corrected chi connectivity index (χ0v) is 15.7. The molecule has 0 fully saturated rings. The van der Waals surface area contributed by atoms with Gasteiger partial charge >= 0.3 is 0 Å². The molecule has 5 nitrogen and oxygen atoms in total. The van der Waals surface area contributed by atoms with Crippen molar-refractivity contribution in [3.8, 4) is 22.6 Å². The second-order valence-electron chi connectivity index (χ2n) is 7.26. The van der Waals surface area contributed by atoms with E-state index >= 15 is 0 Å². The Balaban J connectivity index is 1.87. The molecule has 0 aliphatic rings. The molecule has 2 heterocycles. The zero-order valence-electron chi connectivity index (χ0n) is 14.9. The minimum atomic E-state index is -0.120. The van der Waals surface area contributed by atoms with Crippen LogP contribution in [0, 0.1) is 0 Å². The van der Waals surface area contributed by atoms with E-state index in [1.807, 2.05) is 47.0 Å². The Morgan fingerprint density at radius 1 is 0.923 bits per heavy atom. The predicted octanol–water partition coefficient (Wildman–Crippen LogP) is 5.26. The summed E-state index contributed by atoms with van der Waals surface area (Å²) in [5.74, 6) is 2.27. The first-order valence-corrected chi connectivity index (χ1v) is 8.86. The summed E-state index contributed by atoms with van der Waals surface area (Å²) in [6, 6.07) is 17.7. The van der Waals surface area contributed by atoms with Gasteiger partial charge in [-0.2, -0.15) is 4.98 Å². The molecule has 0 aliphatic carbocycles. The van der Waals surface area contributed by atoms with E-state index < -0.39 is 0 Å². The average Bonchev–Trinajstić information content (AvgIpc) is 3.15. The fourth-order valence-corrected chi connectivity index (χ4v) is 2.95. The largest absolute Gasteiger partial charge is 0.364 e. The molecule has 26 heavy (non-hydrogen) atoms. The van der Waals surface area contributed by atoms with E-state index in [1.165, 1.54) is 0 Å². The maximum atomic E-state index is 5.99. The normalized spacial score (nSPS) is 11.8. The van der Waals surface area contributed by atoms with Crippen LogP contribution < -0.4 is 5.32 Å². The van der Waals surface area contributed by atoms with Crippen molar-refractivity contribution < 1.29 is 0 Å². The second-order valence-corrected chi connectivity index (χ2v) is 7.70. The van der Waals surface area contributed by atoms with Crippen molar-refractivity contribution in [3.63, 3.8) is 0 Å². The number of fused-ring (bicyclic) bond motifs is 1. The summed E-state index contributed by atoms with van der Waals surface area (Å²) in [5.41, 5.74) is 2.77. The van der Waals surface area contributed by atoms with E-state index in [9.17, 15) is 0 Å². The van der Waals surface area contributed by atoms with Gasteiger partial charge in [0.05, 0.1) is 0 Å². The molecule has 0 radical (unpaired) electrons. The summed E-state index contributed by atoms with van der Waals surface area (Å²) in [5, 5.41) is 7.60. The standard InChI is InChI=1S/C20H20ClN5/c1-20(2,3)24-18-16(13-7-5-4-6-8-13)22-19-23-17(25-26(18)19)14-9-11-15(21)12-10-14/h4-12,24H,1-3H3,(H,22,23,25). The van der Waals surface area contributed by atoms with Gasteiger partial charge in [0.1, 0.15) is 5.69 Å². The molecular weight excluding hydrogens is 346 g/mol. The van der Waals surface area contributed by atoms with Crippen LogP contribution in [-0.4, -0.2) is 25.1 Å². The molecule has 0 saturated heterocycles. The lowest BCUT2D eigenvalue weighted by Gasteiger charge is -2.22. The third-order valence-corrected chi connectivity index (χ3v) is 4.20. The van der Waals surface area contributed by atoms with Crippen LogP contribution in [0.4, 0.5) is 5.82 Å². The number of aromatic nitrogens is 4. The highest BCUT2D eigenvalue weighted by atomic mass is 35.5. The first-order valence-electron chi connectivity index (χ1n) is 8.49. The van der Waals surface area contributed by atoms with Gasteiger partial charge in [0.15, 0.2) is 11.6 Å². The first kappa shape index (κ1) is 16.7. The van der Waals surface area contributed by atoms with Gasteiger partial charge in [-0.1, -0.05) is 41.9 Å². The molecule has 4 rings (SSSR count). The van der Waals surface area contributed by atoms with Crippen molar-refractivity contribution in [1.82, 2.24) is 19.6 Å². The van der Waals surface area contributed by atoms with Gasteiger partial charge in [-0.3, -0.25) is 5.10 Å². The highest BCUT2D eigenvalue weighted by Gasteiger charge is 2.21. The van der Waals surface area contributed by atoms with Crippen LogP contribution in [0.5, 0.6) is 0 Å². The molecule has 2 aromatic carbocycles. The van der Waals surface area contributed by atoms with Crippen LogP contribution >= 0.6 is 11.6 Å². The van der Waals surface area contributed by atoms with Crippen LogP contribution in [0.2, 0.25) is 5.02 Å². The van der Waals surface area contributed by atoms with Crippen molar-refractivity contribution >= 4 is 23.2 Å². The van der Waals surface area contributed by atoms with Crippen LogP contribution in [0.15, 0.2) is 54.6 Å².